The van der Waals surface area contributed by atoms with Crippen molar-refractivity contribution in [1.82, 2.24) is 9.97 Å². The van der Waals surface area contributed by atoms with E-state index in [0.717, 1.165) is 15.5 Å². The molecule has 5 nitrogen and oxygen atoms in total. The van der Waals surface area contributed by atoms with Crippen molar-refractivity contribution in [3.63, 3.8) is 0 Å². The van der Waals surface area contributed by atoms with Gasteiger partial charge in [0.25, 0.3) is 5.91 Å². The molecule has 1 amide bonds. The van der Waals surface area contributed by atoms with Crippen LogP contribution in [0, 0.1) is 0 Å². The fraction of sp³-hybridized carbons (Fsp3) is 0.0476. The van der Waals surface area contributed by atoms with E-state index in [9.17, 15) is 4.79 Å². The minimum atomic E-state index is -0.281. The first-order valence-electron chi connectivity index (χ1n) is 8.45. The van der Waals surface area contributed by atoms with Crippen molar-refractivity contribution < 1.29 is 9.53 Å². The lowest BCUT2D eigenvalue weighted by molar-refractivity contribution is 0.102. The zero-order valence-corrected chi connectivity index (χ0v) is 17.1. The first-order valence-corrected chi connectivity index (χ1v) is 9.62. The first kappa shape index (κ1) is 18.5. The van der Waals surface area contributed by atoms with Gasteiger partial charge in [-0.1, -0.05) is 39.7 Å². The average molecular weight is 457 g/mol. The Morgan fingerprint density at radius 1 is 1.14 bits per heavy atom. The number of carbonyl (C=O) groups is 1. The second kappa shape index (κ2) is 7.66. The molecule has 0 saturated heterocycles. The number of fused-ring (bicyclic) bond motifs is 1. The number of benzene rings is 3. The molecule has 0 spiro atoms. The van der Waals surface area contributed by atoms with Crippen LogP contribution in [0.3, 0.4) is 0 Å². The van der Waals surface area contributed by atoms with Crippen molar-refractivity contribution in [2.45, 2.75) is 0 Å². The summed E-state index contributed by atoms with van der Waals surface area (Å²) < 4.78 is 6.08. The monoisotopic (exact) mass is 455 g/mol. The van der Waals surface area contributed by atoms with Crippen molar-refractivity contribution in [2.24, 2.45) is 0 Å². The summed E-state index contributed by atoms with van der Waals surface area (Å²) in [5.74, 6) is 0.852. The molecule has 140 valence electrons. The summed E-state index contributed by atoms with van der Waals surface area (Å²) in [6.07, 6.45) is 0. The number of amides is 1. The molecule has 4 rings (SSSR count). The Hall–Kier alpha value is -2.83. The minimum Gasteiger partial charge on any atom is -0.496 e. The molecule has 3 aromatic carbocycles. The smallest absolute Gasteiger partial charge is 0.259 e. The van der Waals surface area contributed by atoms with Crippen LogP contribution in [0.4, 0.5) is 5.69 Å². The molecule has 0 atom stereocenters. The van der Waals surface area contributed by atoms with Crippen molar-refractivity contribution in [3.05, 3.63) is 75.7 Å². The van der Waals surface area contributed by atoms with E-state index in [4.69, 9.17) is 16.3 Å². The number of hydrogen-bond donors (Lipinski definition) is 2. The number of nitrogens with one attached hydrogen (secondary N) is 2. The summed E-state index contributed by atoms with van der Waals surface area (Å²) in [7, 11) is 1.53. The van der Waals surface area contributed by atoms with Gasteiger partial charge in [0.2, 0.25) is 0 Å². The minimum absolute atomic E-state index is 0.281. The summed E-state index contributed by atoms with van der Waals surface area (Å²) in [6, 6.07) is 18.3. The van der Waals surface area contributed by atoms with E-state index in [-0.39, 0.29) is 5.91 Å². The molecule has 2 N–H and O–H groups in total. The number of anilines is 1. The Morgan fingerprint density at radius 2 is 1.96 bits per heavy atom. The lowest BCUT2D eigenvalue weighted by atomic mass is 10.1. The van der Waals surface area contributed by atoms with E-state index < -0.39 is 0 Å². The first-order chi connectivity index (χ1) is 13.5. The standard InChI is InChI=1S/C21H15BrClN3O2/c1-28-19-9-6-12(22)10-15(19)21(27)24-13-7-8-16(23)14(11-13)20-25-17-4-2-3-5-18(17)26-20/h2-11H,1H3,(H,24,27)(H,25,26). The second-order valence-corrected chi connectivity index (χ2v) is 7.42. The van der Waals surface area contributed by atoms with Gasteiger partial charge in [-0.15, -0.1) is 0 Å². The molecule has 4 aromatic rings. The van der Waals surface area contributed by atoms with Gasteiger partial charge in [-0.25, -0.2) is 4.98 Å². The highest BCUT2D eigenvalue weighted by Crippen LogP contribution is 2.31. The average Bonchev–Trinajstić information content (AvgIpc) is 3.13. The number of hydrogen-bond acceptors (Lipinski definition) is 3. The van der Waals surface area contributed by atoms with Crippen LogP contribution in [-0.4, -0.2) is 23.0 Å². The maximum absolute atomic E-state index is 12.8. The summed E-state index contributed by atoms with van der Waals surface area (Å²) in [5.41, 5.74) is 3.50. The van der Waals surface area contributed by atoms with Gasteiger partial charge in [0.1, 0.15) is 11.6 Å². The quantitative estimate of drug-likeness (QED) is 0.401. The molecular formula is C21H15BrClN3O2. The predicted octanol–water partition coefficient (Wildman–Crippen LogP) is 5.91. The number of imidazole rings is 1. The molecule has 1 aromatic heterocycles. The van der Waals surface area contributed by atoms with Crippen molar-refractivity contribution in [3.8, 4) is 17.1 Å². The fourth-order valence-electron chi connectivity index (χ4n) is 2.92. The maximum Gasteiger partial charge on any atom is 0.259 e. The molecular weight excluding hydrogens is 442 g/mol. The van der Waals surface area contributed by atoms with Crippen LogP contribution in [0.1, 0.15) is 10.4 Å². The highest BCUT2D eigenvalue weighted by atomic mass is 79.9. The van der Waals surface area contributed by atoms with Crippen molar-refractivity contribution in [1.29, 1.82) is 0 Å². The number of methoxy groups -OCH3 is 1. The number of para-hydroxylation sites is 2. The SMILES string of the molecule is COc1ccc(Br)cc1C(=O)Nc1ccc(Cl)c(-c2nc3ccccc3[nH]2)c1. The molecule has 0 fully saturated rings. The van der Waals surface area contributed by atoms with E-state index in [1.165, 1.54) is 7.11 Å². The number of aromatic amines is 1. The summed E-state index contributed by atoms with van der Waals surface area (Å²) in [5, 5.41) is 3.43. The Bertz CT molecular complexity index is 1160. The molecule has 0 unspecified atom stereocenters. The zero-order chi connectivity index (χ0) is 19.7. The Labute approximate surface area is 174 Å². The van der Waals surface area contributed by atoms with E-state index in [0.29, 0.717) is 33.4 Å². The van der Waals surface area contributed by atoms with Crippen molar-refractivity contribution >= 4 is 50.2 Å². The molecule has 7 heteroatoms. The molecule has 0 aliphatic heterocycles. The van der Waals surface area contributed by atoms with Crippen LogP contribution in [0.25, 0.3) is 22.4 Å². The molecule has 28 heavy (non-hydrogen) atoms. The van der Waals surface area contributed by atoms with E-state index >= 15 is 0 Å². The summed E-state index contributed by atoms with van der Waals surface area (Å²) in [6.45, 7) is 0. The number of halogens is 2. The van der Waals surface area contributed by atoms with Crippen LogP contribution in [0.2, 0.25) is 5.02 Å². The zero-order valence-electron chi connectivity index (χ0n) is 14.8. The topological polar surface area (TPSA) is 67.0 Å². The third-order valence-electron chi connectivity index (χ3n) is 4.27. The number of rotatable bonds is 4. The van der Waals surface area contributed by atoms with E-state index in [2.05, 4.69) is 31.2 Å². The lowest BCUT2D eigenvalue weighted by Crippen LogP contribution is -2.13. The lowest BCUT2D eigenvalue weighted by Gasteiger charge is -2.11. The van der Waals surface area contributed by atoms with Gasteiger partial charge in [-0.3, -0.25) is 4.79 Å². The second-order valence-electron chi connectivity index (χ2n) is 6.10. The Kier molecular flexibility index (Phi) is 5.07. The van der Waals surface area contributed by atoms with E-state index in [1.54, 1.807) is 30.3 Å². The van der Waals surface area contributed by atoms with Gasteiger partial charge in [0.05, 0.1) is 28.7 Å². The van der Waals surface area contributed by atoms with Crippen LogP contribution in [0.5, 0.6) is 5.75 Å². The number of nitrogens with zero attached hydrogens (tertiary/aromatic N) is 1. The number of H-pyrrole nitrogens is 1. The molecule has 0 aliphatic rings. The van der Waals surface area contributed by atoms with E-state index in [1.807, 2.05) is 30.3 Å². The van der Waals surface area contributed by atoms with Gasteiger partial charge in [0, 0.05) is 15.7 Å². The van der Waals surface area contributed by atoms with Crippen LogP contribution >= 0.6 is 27.5 Å². The van der Waals surface area contributed by atoms with Gasteiger partial charge >= 0.3 is 0 Å². The Morgan fingerprint density at radius 3 is 2.75 bits per heavy atom. The van der Waals surface area contributed by atoms with Crippen LogP contribution < -0.4 is 10.1 Å². The predicted molar refractivity (Wildman–Crippen MR) is 115 cm³/mol. The fourth-order valence-corrected chi connectivity index (χ4v) is 3.49. The maximum atomic E-state index is 12.8. The third-order valence-corrected chi connectivity index (χ3v) is 5.10. The number of aromatic nitrogens is 2. The van der Waals surface area contributed by atoms with Gasteiger partial charge in [0.15, 0.2) is 0 Å². The highest BCUT2D eigenvalue weighted by Gasteiger charge is 2.15. The van der Waals surface area contributed by atoms with Crippen LogP contribution in [0.15, 0.2) is 65.1 Å². The van der Waals surface area contributed by atoms with Gasteiger partial charge in [-0.2, -0.15) is 0 Å². The highest BCUT2D eigenvalue weighted by molar-refractivity contribution is 9.10. The number of ether oxygens (including phenoxy) is 1. The molecule has 0 bridgehead atoms. The van der Waals surface area contributed by atoms with Crippen LogP contribution in [-0.2, 0) is 0 Å². The third kappa shape index (κ3) is 3.61. The summed E-state index contributed by atoms with van der Waals surface area (Å²) in [4.78, 5) is 20.6. The number of carbonyl (C=O) groups excluding carboxylic acids is 1. The largest absolute Gasteiger partial charge is 0.496 e. The van der Waals surface area contributed by atoms with Crippen molar-refractivity contribution in [2.75, 3.05) is 12.4 Å². The van der Waals surface area contributed by atoms with Gasteiger partial charge in [-0.05, 0) is 48.5 Å². The summed E-state index contributed by atoms with van der Waals surface area (Å²) >= 11 is 9.76. The molecule has 0 aliphatic carbocycles. The normalized spacial score (nSPS) is 10.8. The van der Waals surface area contributed by atoms with Gasteiger partial charge < -0.3 is 15.0 Å². The Balaban J connectivity index is 1.67. The molecule has 0 saturated carbocycles. The molecule has 0 radical (unpaired) electrons. The molecule has 1 heterocycles.